The van der Waals surface area contributed by atoms with E-state index in [-0.39, 0.29) is 18.1 Å². The van der Waals surface area contributed by atoms with Crippen LogP contribution in [0.15, 0.2) is 6.20 Å². The van der Waals surface area contributed by atoms with Crippen LogP contribution in [-0.4, -0.2) is 33.1 Å². The Kier molecular flexibility index (Phi) is 4.19. The summed E-state index contributed by atoms with van der Waals surface area (Å²) in [6, 6.07) is 0.261. The van der Waals surface area contributed by atoms with E-state index in [2.05, 4.69) is 22.2 Å². The minimum Gasteiger partial charge on any atom is -0.393 e. The lowest BCUT2D eigenvalue weighted by molar-refractivity contribution is 0.0916. The van der Waals surface area contributed by atoms with Gasteiger partial charge in [-0.3, -0.25) is 9.78 Å². The van der Waals surface area contributed by atoms with Gasteiger partial charge in [-0.25, -0.2) is 4.98 Å². The number of carbonyl (C=O) groups excluding carboxylic acids is 1. The second kappa shape index (κ2) is 6.10. The van der Waals surface area contributed by atoms with E-state index in [1.807, 2.05) is 0 Å². The summed E-state index contributed by atoms with van der Waals surface area (Å²) in [4.78, 5) is 21.0. The predicted octanol–water partition coefficient (Wildman–Crippen LogP) is 1.63. The SMILES string of the molecule is C[C@H]1CC[C@H](NC(=O)c2cnc3c(n2)CC(O)CC3)CC1. The van der Waals surface area contributed by atoms with Crippen molar-refractivity contribution in [3.63, 3.8) is 0 Å². The smallest absolute Gasteiger partial charge is 0.271 e. The first kappa shape index (κ1) is 14.4. The number of fused-ring (bicyclic) bond motifs is 1. The van der Waals surface area contributed by atoms with Crippen LogP contribution < -0.4 is 5.32 Å². The zero-order valence-electron chi connectivity index (χ0n) is 12.5. The number of amides is 1. The molecule has 1 amide bonds. The van der Waals surface area contributed by atoms with Gasteiger partial charge in [0, 0.05) is 12.5 Å². The van der Waals surface area contributed by atoms with E-state index in [0.29, 0.717) is 12.1 Å². The van der Waals surface area contributed by atoms with Crippen molar-refractivity contribution in [1.82, 2.24) is 15.3 Å². The summed E-state index contributed by atoms with van der Waals surface area (Å²) in [5.74, 6) is 0.632. The van der Waals surface area contributed by atoms with Crippen molar-refractivity contribution in [2.45, 2.75) is 64.0 Å². The lowest BCUT2D eigenvalue weighted by Crippen LogP contribution is -2.38. The van der Waals surface area contributed by atoms with Crippen molar-refractivity contribution in [2.75, 3.05) is 0 Å². The monoisotopic (exact) mass is 289 g/mol. The molecule has 1 unspecified atom stereocenters. The van der Waals surface area contributed by atoms with Gasteiger partial charge in [0.15, 0.2) is 0 Å². The summed E-state index contributed by atoms with van der Waals surface area (Å²) >= 11 is 0. The van der Waals surface area contributed by atoms with Crippen LogP contribution in [0.2, 0.25) is 0 Å². The molecule has 0 bridgehead atoms. The number of aryl methyl sites for hydroxylation is 1. The van der Waals surface area contributed by atoms with Gasteiger partial charge in [0.25, 0.3) is 5.91 Å². The molecule has 0 radical (unpaired) electrons. The molecular weight excluding hydrogens is 266 g/mol. The number of aliphatic hydroxyl groups excluding tert-OH is 1. The van der Waals surface area contributed by atoms with Crippen molar-refractivity contribution >= 4 is 5.91 Å². The summed E-state index contributed by atoms with van der Waals surface area (Å²) < 4.78 is 0. The maximum atomic E-state index is 12.3. The van der Waals surface area contributed by atoms with Gasteiger partial charge >= 0.3 is 0 Å². The fourth-order valence-electron chi connectivity index (χ4n) is 3.23. The Bertz CT molecular complexity index is 524. The third kappa shape index (κ3) is 3.40. The van der Waals surface area contributed by atoms with Gasteiger partial charge in [-0.1, -0.05) is 6.92 Å². The molecule has 1 aromatic rings. The molecule has 0 saturated heterocycles. The largest absolute Gasteiger partial charge is 0.393 e. The maximum absolute atomic E-state index is 12.3. The Balaban J connectivity index is 1.66. The van der Waals surface area contributed by atoms with E-state index in [0.717, 1.165) is 43.0 Å². The van der Waals surface area contributed by atoms with Crippen LogP contribution in [0.1, 0.15) is 60.9 Å². The molecule has 5 heteroatoms. The van der Waals surface area contributed by atoms with E-state index in [1.165, 1.54) is 12.8 Å². The molecule has 0 spiro atoms. The minimum absolute atomic E-state index is 0.134. The van der Waals surface area contributed by atoms with Crippen LogP contribution in [0, 0.1) is 5.92 Å². The number of nitrogens with zero attached hydrogens (tertiary/aromatic N) is 2. The Hall–Kier alpha value is -1.49. The molecule has 114 valence electrons. The number of aliphatic hydroxyl groups is 1. The summed E-state index contributed by atoms with van der Waals surface area (Å²) in [6.45, 7) is 2.26. The number of rotatable bonds is 2. The zero-order valence-corrected chi connectivity index (χ0v) is 12.5. The van der Waals surface area contributed by atoms with Gasteiger partial charge in [-0.15, -0.1) is 0 Å². The van der Waals surface area contributed by atoms with E-state index in [9.17, 15) is 9.90 Å². The lowest BCUT2D eigenvalue weighted by Gasteiger charge is -2.27. The number of carbonyl (C=O) groups is 1. The quantitative estimate of drug-likeness (QED) is 0.868. The first-order valence-electron chi connectivity index (χ1n) is 7.95. The first-order valence-corrected chi connectivity index (χ1v) is 7.95. The summed E-state index contributed by atoms with van der Waals surface area (Å²) in [5, 5.41) is 12.8. The number of aromatic nitrogens is 2. The summed E-state index contributed by atoms with van der Waals surface area (Å²) in [5.41, 5.74) is 2.07. The highest BCUT2D eigenvalue weighted by Gasteiger charge is 2.23. The molecule has 1 aromatic heterocycles. The lowest BCUT2D eigenvalue weighted by atomic mass is 9.87. The molecule has 1 atom stereocenters. The number of hydrogen-bond acceptors (Lipinski definition) is 4. The second-order valence-corrected chi connectivity index (χ2v) is 6.48. The molecule has 1 fully saturated rings. The molecule has 2 aliphatic carbocycles. The summed E-state index contributed by atoms with van der Waals surface area (Å²) in [7, 11) is 0. The average molecular weight is 289 g/mol. The molecule has 0 aromatic carbocycles. The number of nitrogens with one attached hydrogen (secondary N) is 1. The molecular formula is C16H23N3O2. The first-order chi connectivity index (χ1) is 10.1. The molecule has 1 saturated carbocycles. The molecule has 3 rings (SSSR count). The normalized spacial score (nSPS) is 28.8. The van der Waals surface area contributed by atoms with Crippen LogP contribution >= 0.6 is 0 Å². The van der Waals surface area contributed by atoms with Gasteiger partial charge in [0.05, 0.1) is 23.7 Å². The van der Waals surface area contributed by atoms with Crippen LogP contribution in [0.3, 0.4) is 0 Å². The average Bonchev–Trinajstić information content (AvgIpc) is 2.48. The van der Waals surface area contributed by atoms with Gasteiger partial charge < -0.3 is 10.4 Å². The van der Waals surface area contributed by atoms with E-state index in [4.69, 9.17) is 0 Å². The Morgan fingerprint density at radius 1 is 1.24 bits per heavy atom. The van der Waals surface area contributed by atoms with Crippen molar-refractivity contribution < 1.29 is 9.90 Å². The minimum atomic E-state index is -0.357. The number of hydrogen-bond donors (Lipinski definition) is 2. The third-order valence-electron chi connectivity index (χ3n) is 4.66. The highest BCUT2D eigenvalue weighted by molar-refractivity contribution is 5.92. The highest BCUT2D eigenvalue weighted by Crippen LogP contribution is 2.23. The molecule has 2 aliphatic rings. The Morgan fingerprint density at radius 3 is 2.76 bits per heavy atom. The van der Waals surface area contributed by atoms with Gasteiger partial charge in [0.2, 0.25) is 0 Å². The standard InChI is InChI=1S/C16H23N3O2/c1-10-2-4-11(5-3-10)18-16(21)15-9-17-13-7-6-12(20)8-14(13)19-15/h9-12,20H,2-8H2,1H3,(H,18,21)/t10-,11-,12?. The fourth-order valence-corrected chi connectivity index (χ4v) is 3.23. The zero-order chi connectivity index (χ0) is 14.8. The van der Waals surface area contributed by atoms with Crippen LogP contribution in [-0.2, 0) is 12.8 Å². The summed E-state index contributed by atoms with van der Waals surface area (Å²) in [6.07, 6.45) is 7.62. The van der Waals surface area contributed by atoms with Crippen molar-refractivity contribution in [2.24, 2.45) is 5.92 Å². The molecule has 21 heavy (non-hydrogen) atoms. The van der Waals surface area contributed by atoms with Gasteiger partial charge in [0.1, 0.15) is 5.69 Å². The van der Waals surface area contributed by atoms with E-state index >= 15 is 0 Å². The van der Waals surface area contributed by atoms with E-state index in [1.54, 1.807) is 6.20 Å². The maximum Gasteiger partial charge on any atom is 0.271 e. The second-order valence-electron chi connectivity index (χ2n) is 6.48. The van der Waals surface area contributed by atoms with Crippen LogP contribution in [0.25, 0.3) is 0 Å². The molecule has 5 nitrogen and oxygen atoms in total. The van der Waals surface area contributed by atoms with Crippen LogP contribution in [0.5, 0.6) is 0 Å². The Morgan fingerprint density at radius 2 is 2.00 bits per heavy atom. The molecule has 2 N–H and O–H groups in total. The Labute approximate surface area is 125 Å². The van der Waals surface area contributed by atoms with Crippen molar-refractivity contribution in [3.8, 4) is 0 Å². The van der Waals surface area contributed by atoms with Gasteiger partial charge in [-0.05, 0) is 44.4 Å². The predicted molar refractivity (Wildman–Crippen MR) is 79.0 cm³/mol. The van der Waals surface area contributed by atoms with Crippen LogP contribution in [0.4, 0.5) is 0 Å². The highest BCUT2D eigenvalue weighted by atomic mass is 16.3. The molecule has 1 heterocycles. The van der Waals surface area contributed by atoms with Gasteiger partial charge in [-0.2, -0.15) is 0 Å². The van der Waals surface area contributed by atoms with Crippen molar-refractivity contribution in [1.29, 1.82) is 0 Å². The van der Waals surface area contributed by atoms with E-state index < -0.39 is 0 Å². The third-order valence-corrected chi connectivity index (χ3v) is 4.66. The van der Waals surface area contributed by atoms with Crippen molar-refractivity contribution in [3.05, 3.63) is 23.3 Å². The fraction of sp³-hybridized carbons (Fsp3) is 0.688. The topological polar surface area (TPSA) is 75.1 Å². The molecule has 0 aliphatic heterocycles.